The Hall–Kier alpha value is -2.18. The highest BCUT2D eigenvalue weighted by Gasteiger charge is 2.16. The van der Waals surface area contributed by atoms with Gasteiger partial charge in [0.25, 0.3) is 12.3 Å². The fourth-order valence-electron chi connectivity index (χ4n) is 1.38. The summed E-state index contributed by atoms with van der Waals surface area (Å²) in [5.74, 6) is -0.705. The normalized spacial score (nSPS) is 11.7. The molecule has 3 N–H and O–H groups in total. The molecule has 0 saturated heterocycles. The van der Waals surface area contributed by atoms with Gasteiger partial charge in [-0.2, -0.15) is 0 Å². The predicted octanol–water partition coefficient (Wildman–Crippen LogP) is 1.12. The lowest BCUT2D eigenvalue weighted by molar-refractivity contribution is 0.0620. The van der Waals surface area contributed by atoms with Gasteiger partial charge in [-0.05, 0) is 12.1 Å². The molecule has 0 aromatic heterocycles. The van der Waals surface area contributed by atoms with Gasteiger partial charge in [0.1, 0.15) is 0 Å². The van der Waals surface area contributed by atoms with Crippen LogP contribution in [-0.2, 0) is 0 Å². The van der Waals surface area contributed by atoms with E-state index >= 15 is 0 Å². The summed E-state index contributed by atoms with van der Waals surface area (Å²) in [6.45, 7) is -0.646. The first-order chi connectivity index (χ1) is 8.45. The molecular weight excluding hydrogens is 244 g/mol. The van der Waals surface area contributed by atoms with Crippen molar-refractivity contribution in [2.45, 2.75) is 6.43 Å². The van der Waals surface area contributed by atoms with Gasteiger partial charge < -0.3 is 15.8 Å². The molecule has 0 saturated carbocycles. The van der Waals surface area contributed by atoms with Gasteiger partial charge in [-0.3, -0.25) is 4.79 Å². The average molecular weight is 257 g/mol. The number of benzene rings is 1. The summed E-state index contributed by atoms with van der Waals surface area (Å²) < 4.78 is 24.3. The van der Waals surface area contributed by atoms with Crippen molar-refractivity contribution in [2.75, 3.05) is 13.6 Å². The van der Waals surface area contributed by atoms with E-state index in [4.69, 9.17) is 10.9 Å². The Morgan fingerprint density at radius 1 is 1.50 bits per heavy atom. The molecule has 18 heavy (non-hydrogen) atoms. The second kappa shape index (κ2) is 5.95. The molecule has 0 bridgehead atoms. The summed E-state index contributed by atoms with van der Waals surface area (Å²) in [5, 5.41) is 11.3. The fraction of sp³-hybridized carbons (Fsp3) is 0.273. The number of carbonyl (C=O) groups is 1. The topological polar surface area (TPSA) is 78.9 Å². The minimum Gasteiger partial charge on any atom is -0.409 e. The van der Waals surface area contributed by atoms with Crippen LogP contribution < -0.4 is 5.73 Å². The maximum Gasteiger partial charge on any atom is 0.255 e. The van der Waals surface area contributed by atoms with E-state index in [9.17, 15) is 13.6 Å². The van der Waals surface area contributed by atoms with Gasteiger partial charge in [0.15, 0.2) is 5.84 Å². The summed E-state index contributed by atoms with van der Waals surface area (Å²) in [4.78, 5) is 12.7. The van der Waals surface area contributed by atoms with E-state index in [1.165, 1.54) is 25.2 Å². The number of halogens is 2. The Bertz CT molecular complexity index is 463. The third kappa shape index (κ3) is 3.41. The van der Waals surface area contributed by atoms with Crippen LogP contribution in [0.4, 0.5) is 8.78 Å². The van der Waals surface area contributed by atoms with Crippen LogP contribution in [0.5, 0.6) is 0 Å². The molecule has 0 heterocycles. The van der Waals surface area contributed by atoms with Gasteiger partial charge in [0, 0.05) is 18.2 Å². The Morgan fingerprint density at radius 3 is 2.67 bits per heavy atom. The first-order valence-electron chi connectivity index (χ1n) is 5.07. The van der Waals surface area contributed by atoms with E-state index in [1.54, 1.807) is 6.07 Å². The third-order valence-corrected chi connectivity index (χ3v) is 2.27. The molecule has 5 nitrogen and oxygen atoms in total. The standard InChI is InChI=1S/C11H13F2N3O2/c1-16(6-9(12)13)11(17)8-4-2-3-7(5-8)10(14)15-18/h2-5,9,18H,6H2,1H3,(H2,14,15). The molecule has 0 aliphatic rings. The first-order valence-corrected chi connectivity index (χ1v) is 5.07. The van der Waals surface area contributed by atoms with Crippen molar-refractivity contribution < 1.29 is 18.8 Å². The van der Waals surface area contributed by atoms with E-state index in [0.717, 1.165) is 4.90 Å². The molecule has 0 fully saturated rings. The van der Waals surface area contributed by atoms with E-state index in [1.807, 2.05) is 0 Å². The third-order valence-electron chi connectivity index (χ3n) is 2.27. The maximum absolute atomic E-state index is 12.2. The summed E-state index contributed by atoms with van der Waals surface area (Å²) in [7, 11) is 1.28. The summed E-state index contributed by atoms with van der Waals surface area (Å²) in [6, 6.07) is 5.91. The van der Waals surface area contributed by atoms with E-state index in [2.05, 4.69) is 5.16 Å². The number of hydrogen-bond donors (Lipinski definition) is 2. The molecule has 1 aromatic carbocycles. The molecule has 0 unspecified atom stereocenters. The van der Waals surface area contributed by atoms with Crippen LogP contribution in [0.2, 0.25) is 0 Å². The summed E-state index contributed by atoms with van der Waals surface area (Å²) in [5.41, 5.74) is 5.91. The van der Waals surface area contributed by atoms with Gasteiger partial charge >= 0.3 is 0 Å². The van der Waals surface area contributed by atoms with Crippen LogP contribution in [-0.4, -0.2) is 41.9 Å². The molecule has 0 aliphatic heterocycles. The fourth-order valence-corrected chi connectivity index (χ4v) is 1.38. The van der Waals surface area contributed by atoms with Crippen LogP contribution in [0.1, 0.15) is 15.9 Å². The van der Waals surface area contributed by atoms with E-state index in [0.29, 0.717) is 5.56 Å². The van der Waals surface area contributed by atoms with Crippen LogP contribution in [0.3, 0.4) is 0 Å². The predicted molar refractivity (Wildman–Crippen MR) is 61.9 cm³/mol. The second-order valence-corrected chi connectivity index (χ2v) is 3.64. The largest absolute Gasteiger partial charge is 0.409 e. The highest BCUT2D eigenvalue weighted by Crippen LogP contribution is 2.09. The molecule has 7 heteroatoms. The molecule has 0 spiro atoms. The first kappa shape index (κ1) is 13.9. The molecule has 98 valence electrons. The Balaban J connectivity index is 2.93. The van der Waals surface area contributed by atoms with Gasteiger partial charge in [-0.1, -0.05) is 17.3 Å². The minimum atomic E-state index is -2.59. The smallest absolute Gasteiger partial charge is 0.255 e. The van der Waals surface area contributed by atoms with Crippen LogP contribution in [0.25, 0.3) is 0 Å². The SMILES string of the molecule is CN(CC(F)F)C(=O)c1cccc(/C(N)=N/O)c1. The molecule has 0 radical (unpaired) electrons. The highest BCUT2D eigenvalue weighted by molar-refractivity contribution is 6.01. The number of alkyl halides is 2. The minimum absolute atomic E-state index is 0.152. The Labute approximate surface area is 102 Å². The van der Waals surface area contributed by atoms with Crippen molar-refractivity contribution in [3.8, 4) is 0 Å². The summed E-state index contributed by atoms with van der Waals surface area (Å²) >= 11 is 0. The highest BCUT2D eigenvalue weighted by atomic mass is 19.3. The van der Waals surface area contributed by atoms with Crippen LogP contribution in [0, 0.1) is 0 Å². The van der Waals surface area contributed by atoms with Crippen molar-refractivity contribution in [1.82, 2.24) is 4.90 Å². The lowest BCUT2D eigenvalue weighted by Crippen LogP contribution is -2.31. The lowest BCUT2D eigenvalue weighted by Gasteiger charge is -2.16. The van der Waals surface area contributed by atoms with Gasteiger partial charge in [-0.25, -0.2) is 8.78 Å². The van der Waals surface area contributed by atoms with Gasteiger partial charge in [-0.15, -0.1) is 0 Å². The second-order valence-electron chi connectivity index (χ2n) is 3.64. The quantitative estimate of drug-likeness (QED) is 0.367. The van der Waals surface area contributed by atoms with Gasteiger partial charge in [0.05, 0.1) is 6.54 Å². The zero-order chi connectivity index (χ0) is 13.7. The molecule has 1 rings (SSSR count). The lowest BCUT2D eigenvalue weighted by atomic mass is 10.1. The van der Waals surface area contributed by atoms with E-state index < -0.39 is 18.9 Å². The molecule has 1 amide bonds. The number of nitrogens with two attached hydrogens (primary N) is 1. The number of rotatable bonds is 4. The number of hydrogen-bond acceptors (Lipinski definition) is 3. The zero-order valence-electron chi connectivity index (χ0n) is 9.68. The monoisotopic (exact) mass is 257 g/mol. The number of amides is 1. The Kier molecular flexibility index (Phi) is 4.59. The van der Waals surface area contributed by atoms with Crippen molar-refractivity contribution >= 4 is 11.7 Å². The number of carbonyl (C=O) groups excluding carboxylic acids is 1. The van der Waals surface area contributed by atoms with Crippen LogP contribution >= 0.6 is 0 Å². The van der Waals surface area contributed by atoms with Crippen LogP contribution in [0.15, 0.2) is 29.4 Å². The van der Waals surface area contributed by atoms with Gasteiger partial charge in [0.2, 0.25) is 0 Å². The van der Waals surface area contributed by atoms with Crippen molar-refractivity contribution in [1.29, 1.82) is 0 Å². The average Bonchev–Trinajstić information content (AvgIpc) is 2.36. The van der Waals surface area contributed by atoms with Crippen molar-refractivity contribution in [3.63, 3.8) is 0 Å². The zero-order valence-corrected chi connectivity index (χ0v) is 9.68. The molecule has 0 atom stereocenters. The Morgan fingerprint density at radius 2 is 2.11 bits per heavy atom. The molecular formula is C11H13F2N3O2. The van der Waals surface area contributed by atoms with E-state index in [-0.39, 0.29) is 11.4 Å². The maximum atomic E-state index is 12.2. The van der Waals surface area contributed by atoms with Crippen molar-refractivity contribution in [3.05, 3.63) is 35.4 Å². The number of nitrogens with zero attached hydrogens (tertiary/aromatic N) is 2. The summed E-state index contributed by atoms with van der Waals surface area (Å²) in [6.07, 6.45) is -2.59. The van der Waals surface area contributed by atoms with Crippen molar-refractivity contribution in [2.24, 2.45) is 10.9 Å². The number of oxime groups is 1. The number of amidine groups is 1. The molecule has 1 aromatic rings. The molecule has 0 aliphatic carbocycles.